The van der Waals surface area contributed by atoms with E-state index >= 15 is 0 Å². The van der Waals surface area contributed by atoms with Crippen LogP contribution in [0.15, 0.2) is 53.4 Å². The number of sulfone groups is 1. The average Bonchev–Trinajstić information content (AvgIpc) is 2.56. The first-order valence-electron chi connectivity index (χ1n) is 7.24. The second-order valence-corrected chi connectivity index (χ2v) is 7.79. The molecule has 0 heterocycles. The van der Waals surface area contributed by atoms with E-state index in [1.54, 1.807) is 24.3 Å². The Morgan fingerprint density at radius 3 is 2.12 bits per heavy atom. The third-order valence-electron chi connectivity index (χ3n) is 3.28. The number of benzene rings is 2. The third-order valence-corrected chi connectivity index (χ3v) is 4.66. The summed E-state index contributed by atoms with van der Waals surface area (Å²) in [5.74, 6) is -1.22. The molecule has 2 aromatic rings. The van der Waals surface area contributed by atoms with Crippen LogP contribution in [-0.4, -0.2) is 32.7 Å². The first kappa shape index (κ1) is 19.0. The number of halogens is 1. The van der Waals surface area contributed by atoms with Gasteiger partial charge >= 0.3 is 5.97 Å². The molecule has 0 aliphatic carbocycles. The van der Waals surface area contributed by atoms with Crippen LogP contribution in [0.5, 0.6) is 0 Å². The van der Waals surface area contributed by atoms with Gasteiger partial charge in [0.15, 0.2) is 15.9 Å². The number of ether oxygens (including phenoxy) is 1. The molecule has 132 valence electrons. The van der Waals surface area contributed by atoms with Gasteiger partial charge in [0.1, 0.15) is 0 Å². The molecule has 0 aromatic heterocycles. The summed E-state index contributed by atoms with van der Waals surface area (Å²) >= 11 is 5.77. The van der Waals surface area contributed by atoms with Crippen LogP contribution in [0.1, 0.15) is 17.3 Å². The number of nitrogens with one attached hydrogen (secondary N) is 1. The summed E-state index contributed by atoms with van der Waals surface area (Å²) in [7, 11) is -3.35. The summed E-state index contributed by atoms with van der Waals surface area (Å²) in [6.45, 7) is 1.44. The fraction of sp³-hybridized carbons (Fsp3) is 0.176. The van der Waals surface area contributed by atoms with Gasteiger partial charge in [0, 0.05) is 17.0 Å². The van der Waals surface area contributed by atoms with Crippen molar-refractivity contribution in [1.29, 1.82) is 0 Å². The molecule has 0 bridgehead atoms. The minimum atomic E-state index is -3.35. The van der Waals surface area contributed by atoms with Gasteiger partial charge in [0.25, 0.3) is 5.91 Å². The zero-order valence-corrected chi connectivity index (χ0v) is 15.1. The number of rotatable bonds is 5. The van der Waals surface area contributed by atoms with E-state index < -0.39 is 27.8 Å². The lowest BCUT2D eigenvalue weighted by Gasteiger charge is -2.13. The number of anilines is 1. The molecule has 0 spiro atoms. The number of hydrogen-bond acceptors (Lipinski definition) is 5. The molecule has 6 nitrogen and oxygen atoms in total. The van der Waals surface area contributed by atoms with Crippen molar-refractivity contribution in [3.63, 3.8) is 0 Å². The van der Waals surface area contributed by atoms with Crippen LogP contribution >= 0.6 is 11.6 Å². The Balaban J connectivity index is 1.99. The number of hydrogen-bond donors (Lipinski definition) is 1. The number of amides is 1. The van der Waals surface area contributed by atoms with Gasteiger partial charge in [0.05, 0.1) is 10.5 Å². The van der Waals surface area contributed by atoms with Crippen molar-refractivity contribution in [3.8, 4) is 0 Å². The maximum absolute atomic E-state index is 12.0. The molecule has 0 fully saturated rings. The lowest BCUT2D eigenvalue weighted by atomic mass is 10.2. The van der Waals surface area contributed by atoms with E-state index in [1.807, 2.05) is 0 Å². The monoisotopic (exact) mass is 381 g/mol. The van der Waals surface area contributed by atoms with E-state index in [-0.39, 0.29) is 10.5 Å². The van der Waals surface area contributed by atoms with Gasteiger partial charge in [-0.1, -0.05) is 11.6 Å². The van der Waals surface area contributed by atoms with E-state index in [1.165, 1.54) is 31.2 Å². The Labute approximate surface area is 150 Å². The second-order valence-electron chi connectivity index (χ2n) is 5.34. The molecule has 2 rings (SSSR count). The summed E-state index contributed by atoms with van der Waals surface area (Å²) < 4.78 is 27.9. The highest BCUT2D eigenvalue weighted by Crippen LogP contribution is 2.15. The van der Waals surface area contributed by atoms with Gasteiger partial charge in [-0.05, 0) is 55.5 Å². The maximum atomic E-state index is 12.0. The van der Waals surface area contributed by atoms with Crippen LogP contribution in [0.3, 0.4) is 0 Å². The molecule has 8 heteroatoms. The molecular weight excluding hydrogens is 366 g/mol. The van der Waals surface area contributed by atoms with Gasteiger partial charge in [0.2, 0.25) is 0 Å². The highest BCUT2D eigenvalue weighted by Gasteiger charge is 2.19. The summed E-state index contributed by atoms with van der Waals surface area (Å²) in [5.41, 5.74) is 0.674. The van der Waals surface area contributed by atoms with Crippen molar-refractivity contribution in [2.75, 3.05) is 11.6 Å². The standard InChI is InChI=1S/C17H16ClNO5S/c1-11(16(20)19-14-7-5-13(18)6-8-14)24-17(21)12-3-9-15(10-4-12)25(2,22)23/h3-11H,1-2H3,(H,19,20)/t11-/m1/s1. The van der Waals surface area contributed by atoms with E-state index in [0.717, 1.165) is 6.26 Å². The Kier molecular flexibility index (Phi) is 5.81. The van der Waals surface area contributed by atoms with Gasteiger partial charge in [-0.2, -0.15) is 0 Å². The van der Waals surface area contributed by atoms with Crippen molar-refractivity contribution >= 4 is 39.0 Å². The van der Waals surface area contributed by atoms with Crippen molar-refractivity contribution in [2.24, 2.45) is 0 Å². The third kappa shape index (κ3) is 5.30. The molecule has 1 amide bonds. The molecule has 0 saturated carbocycles. The normalized spacial score (nSPS) is 12.3. The smallest absolute Gasteiger partial charge is 0.338 e. The quantitative estimate of drug-likeness (QED) is 0.804. The van der Waals surface area contributed by atoms with Gasteiger partial charge in [-0.25, -0.2) is 13.2 Å². The van der Waals surface area contributed by atoms with Crippen LogP contribution in [0.25, 0.3) is 0 Å². The molecule has 0 radical (unpaired) electrons. The molecule has 1 N–H and O–H groups in total. The highest BCUT2D eigenvalue weighted by atomic mass is 35.5. The fourth-order valence-corrected chi connectivity index (χ4v) is 2.65. The molecule has 0 aliphatic heterocycles. The minimum Gasteiger partial charge on any atom is -0.449 e. The fourth-order valence-electron chi connectivity index (χ4n) is 1.90. The minimum absolute atomic E-state index is 0.0950. The largest absolute Gasteiger partial charge is 0.449 e. The Hall–Kier alpha value is -2.38. The first-order valence-corrected chi connectivity index (χ1v) is 9.51. The van der Waals surface area contributed by atoms with Gasteiger partial charge in [-0.3, -0.25) is 4.79 Å². The SMILES string of the molecule is C[C@@H](OC(=O)c1ccc(S(C)(=O)=O)cc1)C(=O)Nc1ccc(Cl)cc1. The van der Waals surface area contributed by atoms with Gasteiger partial charge < -0.3 is 10.1 Å². The Morgan fingerprint density at radius 2 is 1.60 bits per heavy atom. The number of carbonyl (C=O) groups excluding carboxylic acids is 2. The molecular formula is C17H16ClNO5S. The summed E-state index contributed by atoms with van der Waals surface area (Å²) in [6.07, 6.45) is 0.0431. The summed E-state index contributed by atoms with van der Waals surface area (Å²) in [5, 5.41) is 3.14. The second kappa shape index (κ2) is 7.67. The lowest BCUT2D eigenvalue weighted by Crippen LogP contribution is -2.30. The van der Waals surface area contributed by atoms with Crippen LogP contribution in [0.2, 0.25) is 5.02 Å². The van der Waals surface area contributed by atoms with E-state index in [4.69, 9.17) is 16.3 Å². The van der Waals surface area contributed by atoms with E-state index in [2.05, 4.69) is 5.32 Å². The van der Waals surface area contributed by atoms with Crippen LogP contribution in [-0.2, 0) is 19.4 Å². The lowest BCUT2D eigenvalue weighted by molar-refractivity contribution is -0.123. The van der Waals surface area contributed by atoms with Crippen LogP contribution < -0.4 is 5.32 Å². The maximum Gasteiger partial charge on any atom is 0.338 e. The summed E-state index contributed by atoms with van der Waals surface area (Å²) in [6, 6.07) is 11.8. The predicted octanol–water partition coefficient (Wildman–Crippen LogP) is 2.93. The van der Waals surface area contributed by atoms with E-state index in [9.17, 15) is 18.0 Å². The van der Waals surface area contributed by atoms with Crippen molar-refractivity contribution in [3.05, 3.63) is 59.1 Å². The van der Waals surface area contributed by atoms with Crippen molar-refractivity contribution in [2.45, 2.75) is 17.9 Å². The van der Waals surface area contributed by atoms with Crippen LogP contribution in [0, 0.1) is 0 Å². The molecule has 0 saturated heterocycles. The number of carbonyl (C=O) groups is 2. The van der Waals surface area contributed by atoms with Gasteiger partial charge in [-0.15, -0.1) is 0 Å². The average molecular weight is 382 g/mol. The number of esters is 1. The van der Waals surface area contributed by atoms with Crippen LogP contribution in [0.4, 0.5) is 5.69 Å². The van der Waals surface area contributed by atoms with Crippen molar-refractivity contribution < 1.29 is 22.7 Å². The topological polar surface area (TPSA) is 89.5 Å². The molecule has 2 aromatic carbocycles. The zero-order valence-electron chi connectivity index (χ0n) is 13.5. The Bertz CT molecular complexity index is 876. The molecule has 0 aliphatic rings. The van der Waals surface area contributed by atoms with E-state index in [0.29, 0.717) is 10.7 Å². The zero-order chi connectivity index (χ0) is 18.6. The summed E-state index contributed by atoms with van der Waals surface area (Å²) in [4.78, 5) is 24.2. The molecule has 0 unspecified atom stereocenters. The molecule has 25 heavy (non-hydrogen) atoms. The van der Waals surface area contributed by atoms with Crippen molar-refractivity contribution in [1.82, 2.24) is 0 Å². The Morgan fingerprint density at radius 1 is 1.04 bits per heavy atom. The first-order chi connectivity index (χ1) is 11.7. The highest BCUT2D eigenvalue weighted by molar-refractivity contribution is 7.90. The predicted molar refractivity (Wildman–Crippen MR) is 94.5 cm³/mol. The molecule has 1 atom stereocenters.